The van der Waals surface area contributed by atoms with E-state index in [1.807, 2.05) is 6.26 Å². The van der Waals surface area contributed by atoms with Gasteiger partial charge >= 0.3 is 0 Å². The molecular weight excluding hydrogens is 268 g/mol. The van der Waals surface area contributed by atoms with Crippen molar-refractivity contribution in [2.45, 2.75) is 12.5 Å². The highest BCUT2D eigenvalue weighted by Gasteiger charge is 2.21. The summed E-state index contributed by atoms with van der Waals surface area (Å²) in [6.45, 7) is 1.71. The van der Waals surface area contributed by atoms with Crippen molar-refractivity contribution >= 4 is 23.4 Å². The van der Waals surface area contributed by atoms with E-state index >= 15 is 0 Å². The molecule has 7 heteroatoms. The van der Waals surface area contributed by atoms with Crippen LogP contribution in [0.2, 0.25) is 0 Å². The van der Waals surface area contributed by atoms with Crippen LogP contribution in [0.15, 0.2) is 24.3 Å². The van der Waals surface area contributed by atoms with Gasteiger partial charge in [0, 0.05) is 30.0 Å². The molecule has 0 fully saturated rings. The van der Waals surface area contributed by atoms with Gasteiger partial charge in [-0.15, -0.1) is 0 Å². The summed E-state index contributed by atoms with van der Waals surface area (Å²) in [6.07, 6.45) is 1.86. The molecular formula is C12H16N2O4S. The number of benzene rings is 1. The van der Waals surface area contributed by atoms with E-state index in [2.05, 4.69) is 5.32 Å². The molecule has 1 amide bonds. The van der Waals surface area contributed by atoms with E-state index in [-0.39, 0.29) is 17.8 Å². The molecule has 0 aliphatic heterocycles. The van der Waals surface area contributed by atoms with E-state index in [1.165, 1.54) is 36.0 Å². The zero-order chi connectivity index (χ0) is 14.5. The number of hydrogen-bond acceptors (Lipinski definition) is 5. The van der Waals surface area contributed by atoms with Crippen molar-refractivity contribution in [1.29, 1.82) is 0 Å². The van der Waals surface area contributed by atoms with Gasteiger partial charge in [0.25, 0.3) is 11.6 Å². The van der Waals surface area contributed by atoms with Gasteiger partial charge in [0.15, 0.2) is 0 Å². The van der Waals surface area contributed by atoms with Gasteiger partial charge in [-0.05, 0) is 19.2 Å². The van der Waals surface area contributed by atoms with Gasteiger partial charge in [-0.3, -0.25) is 14.9 Å². The number of non-ortho nitro benzene ring substituents is 1. The monoisotopic (exact) mass is 284 g/mol. The maximum absolute atomic E-state index is 11.8. The van der Waals surface area contributed by atoms with Gasteiger partial charge in [0.05, 0.1) is 10.5 Å². The first-order valence-corrected chi connectivity index (χ1v) is 6.99. The highest BCUT2D eigenvalue weighted by Crippen LogP contribution is 2.14. The topological polar surface area (TPSA) is 92.5 Å². The van der Waals surface area contributed by atoms with Gasteiger partial charge in [0.1, 0.15) is 0 Å². The predicted molar refractivity (Wildman–Crippen MR) is 74.4 cm³/mol. The van der Waals surface area contributed by atoms with Crippen molar-refractivity contribution in [2.75, 3.05) is 18.6 Å². The summed E-state index contributed by atoms with van der Waals surface area (Å²) in [5.74, 6) is 0.0486. The summed E-state index contributed by atoms with van der Waals surface area (Å²) < 4.78 is 0. The molecule has 6 nitrogen and oxygen atoms in total. The third kappa shape index (κ3) is 4.88. The minimum absolute atomic E-state index is 0.0926. The third-order valence-electron chi connectivity index (χ3n) is 2.40. The molecule has 104 valence electrons. The fourth-order valence-electron chi connectivity index (χ4n) is 1.50. The van der Waals surface area contributed by atoms with Crippen molar-refractivity contribution in [1.82, 2.24) is 5.32 Å². The van der Waals surface area contributed by atoms with Crippen LogP contribution in [-0.2, 0) is 0 Å². The summed E-state index contributed by atoms with van der Waals surface area (Å²) in [4.78, 5) is 21.9. The van der Waals surface area contributed by atoms with E-state index in [0.29, 0.717) is 5.75 Å². The minimum Gasteiger partial charge on any atom is -0.387 e. The van der Waals surface area contributed by atoms with E-state index < -0.39 is 16.4 Å². The summed E-state index contributed by atoms with van der Waals surface area (Å²) in [5.41, 5.74) is -0.937. The maximum Gasteiger partial charge on any atom is 0.270 e. The van der Waals surface area contributed by atoms with Crippen LogP contribution < -0.4 is 5.32 Å². The zero-order valence-corrected chi connectivity index (χ0v) is 11.6. The van der Waals surface area contributed by atoms with E-state index in [0.717, 1.165) is 0 Å². The van der Waals surface area contributed by atoms with Gasteiger partial charge < -0.3 is 10.4 Å². The maximum atomic E-state index is 11.8. The second kappa shape index (κ2) is 6.53. The smallest absolute Gasteiger partial charge is 0.270 e. The average molecular weight is 284 g/mol. The van der Waals surface area contributed by atoms with Crippen LogP contribution in [0.4, 0.5) is 5.69 Å². The Bertz CT molecular complexity index is 477. The molecule has 1 unspecified atom stereocenters. The number of nitrogens with zero attached hydrogens (tertiary/aromatic N) is 1. The molecule has 0 heterocycles. The highest BCUT2D eigenvalue weighted by atomic mass is 32.2. The third-order valence-corrected chi connectivity index (χ3v) is 3.31. The van der Waals surface area contributed by atoms with Crippen LogP contribution in [0, 0.1) is 10.1 Å². The highest BCUT2D eigenvalue weighted by molar-refractivity contribution is 7.98. The molecule has 0 spiro atoms. The van der Waals surface area contributed by atoms with Crippen LogP contribution >= 0.6 is 11.8 Å². The summed E-state index contributed by atoms with van der Waals surface area (Å²) in [7, 11) is 0. The van der Waals surface area contributed by atoms with Crippen molar-refractivity contribution in [3.63, 3.8) is 0 Å². The number of carbonyl (C=O) groups excluding carboxylic acids is 1. The predicted octanol–water partition coefficient (Wildman–Crippen LogP) is 1.44. The van der Waals surface area contributed by atoms with Crippen LogP contribution in [0.5, 0.6) is 0 Å². The van der Waals surface area contributed by atoms with Crippen LogP contribution in [0.1, 0.15) is 17.3 Å². The molecule has 0 bridgehead atoms. The fraction of sp³-hybridized carbons (Fsp3) is 0.417. The molecule has 0 saturated carbocycles. The van der Waals surface area contributed by atoms with E-state index in [4.69, 9.17) is 0 Å². The second-order valence-corrected chi connectivity index (χ2v) is 5.29. The van der Waals surface area contributed by atoms with Crippen molar-refractivity contribution in [3.8, 4) is 0 Å². The number of aliphatic hydroxyl groups is 1. The number of amides is 1. The molecule has 0 radical (unpaired) electrons. The van der Waals surface area contributed by atoms with E-state index in [9.17, 15) is 20.0 Å². The number of nitrogens with one attached hydrogen (secondary N) is 1. The molecule has 0 aromatic heterocycles. The summed E-state index contributed by atoms with van der Waals surface area (Å²) in [6, 6.07) is 5.47. The number of carbonyl (C=O) groups is 1. The van der Waals surface area contributed by atoms with Crippen molar-refractivity contribution in [3.05, 3.63) is 39.9 Å². The van der Waals surface area contributed by atoms with Gasteiger partial charge in [-0.25, -0.2) is 0 Å². The largest absolute Gasteiger partial charge is 0.387 e. The Labute approximate surface area is 115 Å². The Hall–Kier alpha value is -1.60. The molecule has 1 aromatic carbocycles. The Kier molecular flexibility index (Phi) is 5.31. The SMILES string of the molecule is CSCC(C)(O)CNC(=O)c1cccc([N+](=O)[O-])c1. The Morgan fingerprint density at radius 3 is 2.84 bits per heavy atom. The molecule has 1 atom stereocenters. The standard InChI is InChI=1S/C12H16N2O4S/c1-12(16,8-19-2)7-13-11(15)9-4-3-5-10(6-9)14(17)18/h3-6,16H,7-8H2,1-2H3,(H,13,15). The summed E-state index contributed by atoms with van der Waals surface area (Å²) >= 11 is 1.47. The lowest BCUT2D eigenvalue weighted by atomic mass is 10.1. The first-order valence-electron chi connectivity index (χ1n) is 5.60. The Balaban J connectivity index is 2.68. The first kappa shape index (κ1) is 15.5. The lowest BCUT2D eigenvalue weighted by Gasteiger charge is -2.22. The number of rotatable bonds is 6. The Morgan fingerprint density at radius 1 is 1.58 bits per heavy atom. The number of thioether (sulfide) groups is 1. The zero-order valence-electron chi connectivity index (χ0n) is 10.8. The van der Waals surface area contributed by atoms with Crippen LogP contribution in [-0.4, -0.2) is 40.1 Å². The first-order chi connectivity index (χ1) is 8.85. The molecule has 0 saturated heterocycles. The molecule has 2 N–H and O–H groups in total. The average Bonchev–Trinajstić information content (AvgIpc) is 2.36. The van der Waals surface area contributed by atoms with Gasteiger partial charge in [-0.1, -0.05) is 6.07 Å². The quantitative estimate of drug-likeness (QED) is 0.609. The molecule has 0 aliphatic rings. The fourth-order valence-corrected chi connectivity index (χ4v) is 2.22. The van der Waals surface area contributed by atoms with Crippen LogP contribution in [0.3, 0.4) is 0 Å². The Morgan fingerprint density at radius 2 is 2.26 bits per heavy atom. The number of nitro groups is 1. The lowest BCUT2D eigenvalue weighted by Crippen LogP contribution is -2.42. The van der Waals surface area contributed by atoms with Gasteiger partial charge in [0.2, 0.25) is 0 Å². The minimum atomic E-state index is -1.00. The number of hydrogen-bond donors (Lipinski definition) is 2. The normalized spacial score (nSPS) is 13.6. The van der Waals surface area contributed by atoms with Crippen molar-refractivity contribution < 1.29 is 14.8 Å². The van der Waals surface area contributed by atoms with E-state index in [1.54, 1.807) is 6.92 Å². The number of nitro benzene ring substituents is 1. The van der Waals surface area contributed by atoms with Crippen LogP contribution in [0.25, 0.3) is 0 Å². The van der Waals surface area contributed by atoms with Gasteiger partial charge in [-0.2, -0.15) is 11.8 Å². The molecule has 1 rings (SSSR count). The molecule has 0 aliphatic carbocycles. The van der Waals surface area contributed by atoms with Crippen molar-refractivity contribution in [2.24, 2.45) is 0 Å². The lowest BCUT2D eigenvalue weighted by molar-refractivity contribution is -0.384. The molecule has 19 heavy (non-hydrogen) atoms. The molecule has 1 aromatic rings. The second-order valence-electron chi connectivity index (χ2n) is 4.42. The summed E-state index contributed by atoms with van der Waals surface area (Å²) in [5, 5.41) is 23.1.